The first kappa shape index (κ1) is 15.0. The van der Waals surface area contributed by atoms with E-state index in [9.17, 15) is 5.11 Å². The summed E-state index contributed by atoms with van der Waals surface area (Å²) in [5.41, 5.74) is 0.606. The van der Waals surface area contributed by atoms with Gasteiger partial charge in [0.25, 0.3) is 0 Å². The molecule has 0 saturated carbocycles. The number of benzene rings is 2. The average Bonchev–Trinajstić information content (AvgIpc) is 2.49. The Labute approximate surface area is 140 Å². The molecule has 3 rings (SSSR count). The monoisotopic (exact) mass is 408 g/mol. The fourth-order valence-electron chi connectivity index (χ4n) is 2.55. The van der Waals surface area contributed by atoms with Gasteiger partial charge in [0.05, 0.1) is 6.61 Å². The van der Waals surface area contributed by atoms with Crippen LogP contribution in [0.5, 0.6) is 0 Å². The van der Waals surface area contributed by atoms with Crippen LogP contribution in [0.3, 0.4) is 0 Å². The number of halogens is 2. The molecule has 0 spiro atoms. The van der Waals surface area contributed by atoms with Crippen molar-refractivity contribution in [2.45, 2.75) is 11.7 Å². The smallest absolute Gasteiger partial charge is 0.138 e. The van der Waals surface area contributed by atoms with E-state index in [4.69, 9.17) is 4.74 Å². The quantitative estimate of drug-likeness (QED) is 0.726. The number of ether oxygens (including phenoxy) is 1. The van der Waals surface area contributed by atoms with Gasteiger partial charge in [-0.2, -0.15) is 0 Å². The SMILES string of the molecule is O[C@]1(c2ccc(Br)cc2)C=CCO[C@@H]1c1ccc(Br)cc1. The Morgan fingerprint density at radius 2 is 1.52 bits per heavy atom. The molecule has 1 heterocycles. The van der Waals surface area contributed by atoms with Gasteiger partial charge >= 0.3 is 0 Å². The minimum atomic E-state index is -1.16. The largest absolute Gasteiger partial charge is 0.378 e. The first-order valence-electron chi connectivity index (χ1n) is 6.63. The summed E-state index contributed by atoms with van der Waals surface area (Å²) in [7, 11) is 0. The molecule has 0 aliphatic carbocycles. The molecule has 21 heavy (non-hydrogen) atoms. The number of hydrogen-bond acceptors (Lipinski definition) is 2. The molecule has 0 fully saturated rings. The van der Waals surface area contributed by atoms with Crippen LogP contribution in [0.25, 0.3) is 0 Å². The normalized spacial score (nSPS) is 25.0. The van der Waals surface area contributed by atoms with Gasteiger partial charge in [0.15, 0.2) is 0 Å². The minimum Gasteiger partial charge on any atom is -0.378 e. The van der Waals surface area contributed by atoms with E-state index in [-0.39, 0.29) is 0 Å². The third-order valence-corrected chi connectivity index (χ3v) is 4.67. The molecule has 2 nitrogen and oxygen atoms in total. The van der Waals surface area contributed by atoms with Crippen LogP contribution in [0, 0.1) is 0 Å². The predicted molar refractivity (Wildman–Crippen MR) is 90.0 cm³/mol. The Morgan fingerprint density at radius 3 is 2.14 bits per heavy atom. The summed E-state index contributed by atoms with van der Waals surface area (Å²) in [6.45, 7) is 0.500. The molecular formula is C17H14Br2O2. The molecule has 2 atom stereocenters. The number of hydrogen-bond donors (Lipinski definition) is 1. The molecule has 0 saturated heterocycles. The van der Waals surface area contributed by atoms with E-state index < -0.39 is 11.7 Å². The molecule has 1 aliphatic heterocycles. The van der Waals surface area contributed by atoms with Gasteiger partial charge in [-0.05, 0) is 41.5 Å². The molecule has 0 unspecified atom stereocenters. The second-order valence-corrected chi connectivity index (χ2v) is 6.83. The molecule has 1 N–H and O–H groups in total. The topological polar surface area (TPSA) is 29.5 Å². The molecule has 108 valence electrons. The Kier molecular flexibility index (Phi) is 4.31. The Hall–Kier alpha value is -0.940. The van der Waals surface area contributed by atoms with Gasteiger partial charge in [-0.1, -0.05) is 62.2 Å². The minimum absolute atomic E-state index is 0.420. The van der Waals surface area contributed by atoms with Crippen LogP contribution in [-0.2, 0) is 10.3 Å². The highest BCUT2D eigenvalue weighted by atomic mass is 79.9. The van der Waals surface area contributed by atoms with Crippen LogP contribution in [-0.4, -0.2) is 11.7 Å². The van der Waals surface area contributed by atoms with Crippen molar-refractivity contribution in [3.05, 3.63) is 80.8 Å². The lowest BCUT2D eigenvalue weighted by molar-refractivity contribution is -0.0910. The average molecular weight is 410 g/mol. The number of rotatable bonds is 2. The fraction of sp³-hybridized carbons (Fsp3) is 0.176. The van der Waals surface area contributed by atoms with Gasteiger partial charge in [-0.3, -0.25) is 0 Å². The summed E-state index contributed by atoms with van der Waals surface area (Å²) in [5.74, 6) is 0. The summed E-state index contributed by atoms with van der Waals surface area (Å²) in [6.07, 6.45) is 3.26. The maximum atomic E-state index is 11.2. The van der Waals surface area contributed by atoms with E-state index in [0.29, 0.717) is 6.61 Å². The van der Waals surface area contributed by atoms with Crippen molar-refractivity contribution in [2.75, 3.05) is 6.61 Å². The molecule has 2 aromatic carbocycles. The van der Waals surface area contributed by atoms with Crippen LogP contribution in [0.15, 0.2) is 69.6 Å². The lowest BCUT2D eigenvalue weighted by Crippen LogP contribution is -2.35. The van der Waals surface area contributed by atoms with Gasteiger partial charge < -0.3 is 9.84 Å². The highest BCUT2D eigenvalue weighted by Gasteiger charge is 2.39. The van der Waals surface area contributed by atoms with E-state index in [2.05, 4.69) is 31.9 Å². The summed E-state index contributed by atoms with van der Waals surface area (Å²) < 4.78 is 7.83. The molecule has 0 radical (unpaired) electrons. The van der Waals surface area contributed by atoms with E-state index in [0.717, 1.165) is 20.1 Å². The van der Waals surface area contributed by atoms with E-state index in [1.165, 1.54) is 0 Å². The predicted octanol–water partition coefficient (Wildman–Crippen LogP) is 4.73. The van der Waals surface area contributed by atoms with Crippen molar-refractivity contribution < 1.29 is 9.84 Å². The van der Waals surface area contributed by atoms with Gasteiger partial charge in [-0.25, -0.2) is 0 Å². The first-order chi connectivity index (χ1) is 10.1. The van der Waals surface area contributed by atoms with E-state index >= 15 is 0 Å². The lowest BCUT2D eigenvalue weighted by atomic mass is 9.83. The molecular weight excluding hydrogens is 396 g/mol. The van der Waals surface area contributed by atoms with Crippen LogP contribution < -0.4 is 0 Å². The van der Waals surface area contributed by atoms with Crippen molar-refractivity contribution in [3.63, 3.8) is 0 Å². The van der Waals surface area contributed by atoms with Gasteiger partial charge in [-0.15, -0.1) is 0 Å². The number of aliphatic hydroxyl groups is 1. The molecule has 1 aliphatic rings. The van der Waals surface area contributed by atoms with Gasteiger partial charge in [0, 0.05) is 8.95 Å². The van der Waals surface area contributed by atoms with E-state index in [1.807, 2.05) is 60.7 Å². The highest BCUT2D eigenvalue weighted by molar-refractivity contribution is 9.10. The van der Waals surface area contributed by atoms with Crippen LogP contribution >= 0.6 is 31.9 Å². The van der Waals surface area contributed by atoms with Gasteiger partial charge in [0.2, 0.25) is 0 Å². The van der Waals surface area contributed by atoms with Crippen molar-refractivity contribution >= 4 is 31.9 Å². The summed E-state index contributed by atoms with van der Waals surface area (Å²) >= 11 is 6.85. The summed E-state index contributed by atoms with van der Waals surface area (Å²) in [5, 5.41) is 11.2. The first-order valence-corrected chi connectivity index (χ1v) is 8.21. The van der Waals surface area contributed by atoms with Crippen LogP contribution in [0.2, 0.25) is 0 Å². The molecule has 0 bridgehead atoms. The van der Waals surface area contributed by atoms with Crippen molar-refractivity contribution in [2.24, 2.45) is 0 Å². The van der Waals surface area contributed by atoms with Crippen molar-refractivity contribution in [1.82, 2.24) is 0 Å². The van der Waals surface area contributed by atoms with Gasteiger partial charge in [0.1, 0.15) is 11.7 Å². The Balaban J connectivity index is 2.04. The molecule has 4 heteroatoms. The molecule has 0 amide bonds. The zero-order chi connectivity index (χ0) is 14.9. The third-order valence-electron chi connectivity index (χ3n) is 3.61. The maximum absolute atomic E-state index is 11.2. The standard InChI is InChI=1S/C17H14Br2O2/c18-14-6-2-12(3-7-14)16-17(20,10-1-11-21-16)13-4-8-15(19)9-5-13/h1-10,16,20H,11H2/t16-,17+/m1/s1. The van der Waals surface area contributed by atoms with E-state index in [1.54, 1.807) is 0 Å². The summed E-state index contributed by atoms with van der Waals surface area (Å²) in [4.78, 5) is 0. The Morgan fingerprint density at radius 1 is 0.952 bits per heavy atom. The zero-order valence-electron chi connectivity index (χ0n) is 11.2. The van der Waals surface area contributed by atoms with Crippen LogP contribution in [0.1, 0.15) is 17.2 Å². The van der Waals surface area contributed by atoms with Crippen LogP contribution in [0.4, 0.5) is 0 Å². The Bertz CT molecular complexity index is 649. The molecule has 0 aromatic heterocycles. The highest BCUT2D eigenvalue weighted by Crippen LogP contribution is 2.41. The maximum Gasteiger partial charge on any atom is 0.138 e. The fourth-order valence-corrected chi connectivity index (χ4v) is 3.08. The van der Waals surface area contributed by atoms with Crippen molar-refractivity contribution in [1.29, 1.82) is 0 Å². The second kappa shape index (κ2) is 6.05. The summed E-state index contributed by atoms with van der Waals surface area (Å²) in [6, 6.07) is 15.5. The second-order valence-electron chi connectivity index (χ2n) is 5.00. The molecule has 2 aromatic rings. The lowest BCUT2D eigenvalue weighted by Gasteiger charge is -2.37. The zero-order valence-corrected chi connectivity index (χ0v) is 14.3. The van der Waals surface area contributed by atoms with Crippen molar-refractivity contribution in [3.8, 4) is 0 Å². The third kappa shape index (κ3) is 2.99.